The number of aromatic nitrogens is 1. The number of nitrogens with two attached hydrogens (primary N) is 1. The number of rotatable bonds is 5. The van der Waals surface area contributed by atoms with E-state index in [0.717, 1.165) is 32.1 Å². The lowest BCUT2D eigenvalue weighted by molar-refractivity contribution is 0.239. The first-order chi connectivity index (χ1) is 9.59. The monoisotopic (exact) mass is 298 g/mol. The first kappa shape index (κ1) is 15.2. The number of hydrogen-bond acceptors (Lipinski definition) is 5. The van der Waals surface area contributed by atoms with Crippen LogP contribution >= 0.6 is 0 Å². The molecule has 1 aromatic heterocycles. The van der Waals surface area contributed by atoms with Gasteiger partial charge in [-0.05, 0) is 25.3 Å². The molecule has 0 aromatic carbocycles. The van der Waals surface area contributed by atoms with Gasteiger partial charge >= 0.3 is 0 Å². The molecule has 1 fully saturated rings. The van der Waals surface area contributed by atoms with Crippen LogP contribution in [0.15, 0.2) is 23.2 Å². The Hall–Kier alpha value is -1.18. The molecule has 20 heavy (non-hydrogen) atoms. The molecule has 1 saturated heterocycles. The topological polar surface area (TPSA) is 88.3 Å². The van der Waals surface area contributed by atoms with Crippen molar-refractivity contribution in [2.75, 3.05) is 12.0 Å². The highest BCUT2D eigenvalue weighted by atomic mass is 32.2. The van der Waals surface area contributed by atoms with Crippen molar-refractivity contribution in [1.82, 2.24) is 9.29 Å². The summed E-state index contributed by atoms with van der Waals surface area (Å²) < 4.78 is 27.2. The Morgan fingerprint density at radius 1 is 1.50 bits per heavy atom. The summed E-state index contributed by atoms with van der Waals surface area (Å²) in [6, 6.07) is 3.11. The van der Waals surface area contributed by atoms with Gasteiger partial charge in [0.1, 0.15) is 5.82 Å². The van der Waals surface area contributed by atoms with Gasteiger partial charge in [0.25, 0.3) is 0 Å². The number of nitrogens with zero attached hydrogens (tertiary/aromatic N) is 2. The van der Waals surface area contributed by atoms with Crippen LogP contribution < -0.4 is 11.3 Å². The fraction of sp³-hybridized carbons (Fsp3) is 0.615. The lowest BCUT2D eigenvalue weighted by atomic mass is 10.0. The van der Waals surface area contributed by atoms with E-state index in [1.54, 1.807) is 4.31 Å². The standard InChI is InChI=1S/C13H22N4O2S/c1-2-5-11-6-3-4-9-17(11)20(18,19)12-7-8-15-13(10-12)16-14/h7-8,10-11H,2-6,9,14H2,1H3,(H,15,16). The molecule has 0 saturated carbocycles. The maximum atomic E-state index is 12.8. The number of sulfonamides is 1. The van der Waals surface area contributed by atoms with Crippen molar-refractivity contribution >= 4 is 15.8 Å². The first-order valence-corrected chi connectivity index (χ1v) is 8.48. The second-order valence-corrected chi connectivity index (χ2v) is 6.97. The highest BCUT2D eigenvalue weighted by molar-refractivity contribution is 7.89. The third-order valence-electron chi connectivity index (χ3n) is 3.68. The maximum absolute atomic E-state index is 12.8. The van der Waals surface area contributed by atoms with Gasteiger partial charge in [-0.3, -0.25) is 0 Å². The molecular weight excluding hydrogens is 276 g/mol. The minimum Gasteiger partial charge on any atom is -0.308 e. The van der Waals surface area contributed by atoms with Crippen LogP contribution in [0.25, 0.3) is 0 Å². The Morgan fingerprint density at radius 2 is 2.30 bits per heavy atom. The molecule has 0 radical (unpaired) electrons. The normalized spacial score (nSPS) is 20.8. The van der Waals surface area contributed by atoms with Gasteiger partial charge in [0, 0.05) is 24.8 Å². The molecule has 2 heterocycles. The molecule has 0 amide bonds. The quantitative estimate of drug-likeness (QED) is 0.638. The van der Waals surface area contributed by atoms with Crippen LogP contribution in [0, 0.1) is 0 Å². The summed E-state index contributed by atoms with van der Waals surface area (Å²) in [5, 5.41) is 0. The number of anilines is 1. The molecule has 1 atom stereocenters. The van der Waals surface area contributed by atoms with Crippen molar-refractivity contribution in [3.8, 4) is 0 Å². The minimum absolute atomic E-state index is 0.112. The lowest BCUT2D eigenvalue weighted by Gasteiger charge is -2.34. The van der Waals surface area contributed by atoms with Gasteiger partial charge in [-0.2, -0.15) is 4.31 Å². The zero-order chi connectivity index (χ0) is 14.6. The summed E-state index contributed by atoms with van der Waals surface area (Å²) in [5.74, 6) is 5.65. The van der Waals surface area contributed by atoms with Gasteiger partial charge in [0.2, 0.25) is 10.0 Å². The smallest absolute Gasteiger partial charge is 0.243 e. The van der Waals surface area contributed by atoms with Gasteiger partial charge in [-0.25, -0.2) is 19.2 Å². The molecule has 1 unspecified atom stereocenters. The van der Waals surface area contributed by atoms with E-state index < -0.39 is 10.0 Å². The van der Waals surface area contributed by atoms with E-state index in [0.29, 0.717) is 12.4 Å². The van der Waals surface area contributed by atoms with E-state index in [9.17, 15) is 8.42 Å². The molecule has 1 aromatic rings. The Morgan fingerprint density at radius 3 is 3.00 bits per heavy atom. The van der Waals surface area contributed by atoms with Gasteiger partial charge in [0.15, 0.2) is 0 Å². The fourth-order valence-corrected chi connectivity index (χ4v) is 4.44. The maximum Gasteiger partial charge on any atom is 0.243 e. The molecule has 1 aliphatic rings. The van der Waals surface area contributed by atoms with Crippen molar-refractivity contribution < 1.29 is 8.42 Å². The van der Waals surface area contributed by atoms with Crippen molar-refractivity contribution in [3.63, 3.8) is 0 Å². The van der Waals surface area contributed by atoms with Gasteiger partial charge in [-0.1, -0.05) is 19.8 Å². The van der Waals surface area contributed by atoms with Crippen LogP contribution in [0.5, 0.6) is 0 Å². The number of nitrogens with one attached hydrogen (secondary N) is 1. The van der Waals surface area contributed by atoms with Crippen LogP contribution in [0.2, 0.25) is 0 Å². The first-order valence-electron chi connectivity index (χ1n) is 7.04. The summed E-state index contributed by atoms with van der Waals surface area (Å²) in [6.07, 6.45) is 6.32. The van der Waals surface area contributed by atoms with Crippen LogP contribution in [-0.4, -0.2) is 30.3 Å². The number of nitrogen functional groups attached to an aromatic ring is 1. The van der Waals surface area contributed by atoms with Gasteiger partial charge in [0.05, 0.1) is 4.90 Å². The molecule has 0 spiro atoms. The number of piperidine rings is 1. The van der Waals surface area contributed by atoms with E-state index in [-0.39, 0.29) is 10.9 Å². The van der Waals surface area contributed by atoms with Crippen molar-refractivity contribution in [3.05, 3.63) is 18.3 Å². The van der Waals surface area contributed by atoms with E-state index in [1.807, 2.05) is 0 Å². The predicted octanol–water partition coefficient (Wildman–Crippen LogP) is 1.71. The predicted molar refractivity (Wildman–Crippen MR) is 78.5 cm³/mol. The molecule has 3 N–H and O–H groups in total. The van der Waals surface area contributed by atoms with E-state index >= 15 is 0 Å². The summed E-state index contributed by atoms with van der Waals surface area (Å²) in [7, 11) is -3.47. The van der Waals surface area contributed by atoms with Crippen molar-refractivity contribution in [2.45, 2.75) is 50.0 Å². The fourth-order valence-electron chi connectivity index (χ4n) is 2.70. The molecule has 7 heteroatoms. The third-order valence-corrected chi connectivity index (χ3v) is 5.63. The van der Waals surface area contributed by atoms with Crippen LogP contribution in [0.1, 0.15) is 39.0 Å². The number of hydrazine groups is 1. The second kappa shape index (κ2) is 6.51. The summed E-state index contributed by atoms with van der Waals surface area (Å²) in [6.45, 7) is 2.68. The Balaban J connectivity index is 2.31. The molecular formula is C13H22N4O2S. The molecule has 2 rings (SSSR count). The molecule has 0 bridgehead atoms. The summed E-state index contributed by atoms with van der Waals surface area (Å²) in [5.41, 5.74) is 2.38. The SMILES string of the molecule is CCCC1CCCCN1S(=O)(=O)c1ccnc(NN)c1. The van der Waals surface area contributed by atoms with E-state index in [1.165, 1.54) is 18.3 Å². The highest BCUT2D eigenvalue weighted by Gasteiger charge is 2.33. The second-order valence-electron chi connectivity index (χ2n) is 5.08. The number of pyridine rings is 1. The molecule has 6 nitrogen and oxygen atoms in total. The van der Waals surface area contributed by atoms with Crippen LogP contribution in [0.4, 0.5) is 5.82 Å². The molecule has 0 aliphatic carbocycles. The Labute approximate surface area is 120 Å². The largest absolute Gasteiger partial charge is 0.308 e. The average molecular weight is 298 g/mol. The molecule has 1 aliphatic heterocycles. The summed E-state index contributed by atoms with van der Waals surface area (Å²) >= 11 is 0. The average Bonchev–Trinajstić information content (AvgIpc) is 2.48. The Kier molecular flexibility index (Phi) is 4.95. The van der Waals surface area contributed by atoms with Gasteiger partial charge in [-0.15, -0.1) is 0 Å². The van der Waals surface area contributed by atoms with E-state index in [2.05, 4.69) is 17.3 Å². The van der Waals surface area contributed by atoms with Crippen LogP contribution in [0.3, 0.4) is 0 Å². The zero-order valence-electron chi connectivity index (χ0n) is 11.7. The van der Waals surface area contributed by atoms with E-state index in [4.69, 9.17) is 5.84 Å². The Bertz CT molecular complexity index is 545. The van der Waals surface area contributed by atoms with Crippen molar-refractivity contribution in [2.24, 2.45) is 5.84 Å². The lowest BCUT2D eigenvalue weighted by Crippen LogP contribution is -2.43. The minimum atomic E-state index is -3.47. The summed E-state index contributed by atoms with van der Waals surface area (Å²) in [4.78, 5) is 4.21. The third kappa shape index (κ3) is 3.11. The highest BCUT2D eigenvalue weighted by Crippen LogP contribution is 2.28. The van der Waals surface area contributed by atoms with Gasteiger partial charge < -0.3 is 5.43 Å². The van der Waals surface area contributed by atoms with Crippen molar-refractivity contribution in [1.29, 1.82) is 0 Å². The molecule has 112 valence electrons. The number of hydrogen-bond donors (Lipinski definition) is 2. The zero-order valence-corrected chi connectivity index (χ0v) is 12.6. The van der Waals surface area contributed by atoms with Crippen LogP contribution in [-0.2, 0) is 10.0 Å².